The van der Waals surface area contributed by atoms with E-state index in [4.69, 9.17) is 15.2 Å². The van der Waals surface area contributed by atoms with Crippen molar-refractivity contribution >= 4 is 17.6 Å². The van der Waals surface area contributed by atoms with E-state index < -0.39 is 11.8 Å². The maximum atomic E-state index is 13.0. The lowest BCUT2D eigenvalue weighted by Crippen LogP contribution is -2.42. The number of carbonyl (C=O) groups excluding carboxylic acids is 2. The van der Waals surface area contributed by atoms with E-state index in [1.165, 1.54) is 12.1 Å². The Hall–Kier alpha value is -2.15. The van der Waals surface area contributed by atoms with Crippen molar-refractivity contribution in [2.75, 3.05) is 38.6 Å². The number of halogens is 1. The number of anilines is 1. The summed E-state index contributed by atoms with van der Waals surface area (Å²) >= 11 is 0. The Morgan fingerprint density at radius 2 is 2.05 bits per heavy atom. The highest BCUT2D eigenvalue weighted by molar-refractivity contribution is 5.92. The molecule has 108 valence electrons. The van der Waals surface area contributed by atoms with Crippen LogP contribution in [0.15, 0.2) is 18.2 Å². The maximum absolute atomic E-state index is 13.0. The molecule has 0 atom stereocenters. The van der Waals surface area contributed by atoms with Crippen molar-refractivity contribution in [2.45, 2.75) is 0 Å². The van der Waals surface area contributed by atoms with Crippen molar-refractivity contribution in [3.8, 4) is 0 Å². The average molecular weight is 282 g/mol. The van der Waals surface area contributed by atoms with Crippen LogP contribution < -0.4 is 5.73 Å². The molecular formula is C13H15FN2O4. The SMILES string of the molecule is Nc1cc(C(=O)OCC(=O)N2CCOCC2)ccc1F. The summed E-state index contributed by atoms with van der Waals surface area (Å²) in [6.45, 7) is 1.58. The zero-order valence-corrected chi connectivity index (χ0v) is 10.8. The highest BCUT2D eigenvalue weighted by Crippen LogP contribution is 2.13. The molecule has 1 aliphatic heterocycles. The van der Waals surface area contributed by atoms with E-state index in [1.54, 1.807) is 4.90 Å². The van der Waals surface area contributed by atoms with Crippen LogP contribution in [0.5, 0.6) is 0 Å². The van der Waals surface area contributed by atoms with Crippen molar-refractivity contribution in [1.29, 1.82) is 0 Å². The van der Waals surface area contributed by atoms with Gasteiger partial charge in [0.2, 0.25) is 0 Å². The van der Waals surface area contributed by atoms with Gasteiger partial charge >= 0.3 is 5.97 Å². The summed E-state index contributed by atoms with van der Waals surface area (Å²) in [6.07, 6.45) is 0. The lowest BCUT2D eigenvalue weighted by Gasteiger charge is -2.26. The van der Waals surface area contributed by atoms with E-state index >= 15 is 0 Å². The van der Waals surface area contributed by atoms with Crippen LogP contribution in [-0.2, 0) is 14.3 Å². The number of hydrogen-bond acceptors (Lipinski definition) is 5. The molecule has 0 spiro atoms. The van der Waals surface area contributed by atoms with Gasteiger partial charge in [-0.15, -0.1) is 0 Å². The highest BCUT2D eigenvalue weighted by Gasteiger charge is 2.19. The van der Waals surface area contributed by atoms with E-state index in [0.717, 1.165) is 6.07 Å². The predicted molar refractivity (Wildman–Crippen MR) is 68.5 cm³/mol. The summed E-state index contributed by atoms with van der Waals surface area (Å²) in [5, 5.41) is 0. The smallest absolute Gasteiger partial charge is 0.338 e. The average Bonchev–Trinajstić information content (AvgIpc) is 2.48. The zero-order valence-electron chi connectivity index (χ0n) is 10.8. The monoisotopic (exact) mass is 282 g/mol. The third kappa shape index (κ3) is 3.45. The largest absolute Gasteiger partial charge is 0.452 e. The molecule has 1 heterocycles. The highest BCUT2D eigenvalue weighted by atomic mass is 19.1. The van der Waals surface area contributed by atoms with E-state index in [0.29, 0.717) is 26.3 Å². The van der Waals surface area contributed by atoms with Crippen LogP contribution in [0.1, 0.15) is 10.4 Å². The lowest BCUT2D eigenvalue weighted by atomic mass is 10.2. The van der Waals surface area contributed by atoms with Gasteiger partial charge in [-0.05, 0) is 18.2 Å². The molecule has 0 saturated carbocycles. The standard InChI is InChI=1S/C13H15FN2O4/c14-10-2-1-9(7-11(10)15)13(18)20-8-12(17)16-3-5-19-6-4-16/h1-2,7H,3-6,8,15H2. The summed E-state index contributed by atoms with van der Waals surface area (Å²) in [7, 11) is 0. The predicted octanol–water partition coefficient (Wildman–Crippen LogP) is 0.423. The number of rotatable bonds is 3. The van der Waals surface area contributed by atoms with E-state index in [1.807, 2.05) is 0 Å². The second kappa shape index (κ2) is 6.33. The summed E-state index contributed by atoms with van der Waals surface area (Å²) in [4.78, 5) is 25.0. The summed E-state index contributed by atoms with van der Waals surface area (Å²) < 4.78 is 23.0. The number of nitrogens with two attached hydrogens (primary N) is 1. The lowest BCUT2D eigenvalue weighted by molar-refractivity contribution is -0.138. The van der Waals surface area contributed by atoms with Gasteiger partial charge in [-0.3, -0.25) is 4.79 Å². The van der Waals surface area contributed by atoms with Gasteiger partial charge in [0, 0.05) is 13.1 Å². The number of esters is 1. The second-order valence-corrected chi connectivity index (χ2v) is 4.31. The van der Waals surface area contributed by atoms with Crippen LogP contribution >= 0.6 is 0 Å². The van der Waals surface area contributed by atoms with Gasteiger partial charge in [0.1, 0.15) is 5.82 Å². The first kappa shape index (κ1) is 14.3. The van der Waals surface area contributed by atoms with Crippen LogP contribution in [0.4, 0.5) is 10.1 Å². The zero-order chi connectivity index (χ0) is 14.5. The fraction of sp³-hybridized carbons (Fsp3) is 0.385. The minimum Gasteiger partial charge on any atom is -0.452 e. The van der Waals surface area contributed by atoms with Crippen molar-refractivity contribution in [2.24, 2.45) is 0 Å². The molecule has 0 radical (unpaired) electrons. The first-order chi connectivity index (χ1) is 9.58. The molecule has 0 unspecified atom stereocenters. The molecule has 1 saturated heterocycles. The Kier molecular flexibility index (Phi) is 4.52. The van der Waals surface area contributed by atoms with Crippen LogP contribution in [0.3, 0.4) is 0 Å². The molecule has 2 N–H and O–H groups in total. The van der Waals surface area contributed by atoms with Gasteiger partial charge in [0.25, 0.3) is 5.91 Å². The van der Waals surface area contributed by atoms with E-state index in [9.17, 15) is 14.0 Å². The minimum absolute atomic E-state index is 0.110. The first-order valence-electron chi connectivity index (χ1n) is 6.15. The van der Waals surface area contributed by atoms with Gasteiger partial charge in [-0.25, -0.2) is 9.18 Å². The number of benzene rings is 1. The topological polar surface area (TPSA) is 81.9 Å². The Balaban J connectivity index is 1.88. The molecule has 1 amide bonds. The molecule has 0 aromatic heterocycles. The van der Waals surface area contributed by atoms with Crippen molar-refractivity contribution < 1.29 is 23.5 Å². The third-order valence-corrected chi connectivity index (χ3v) is 2.92. The number of carbonyl (C=O) groups is 2. The van der Waals surface area contributed by atoms with Gasteiger partial charge in [0.15, 0.2) is 6.61 Å². The Morgan fingerprint density at radius 1 is 1.35 bits per heavy atom. The van der Waals surface area contributed by atoms with Crippen molar-refractivity contribution in [3.63, 3.8) is 0 Å². The molecule has 7 heteroatoms. The molecule has 1 aromatic rings. The van der Waals surface area contributed by atoms with Crippen LogP contribution in [0.25, 0.3) is 0 Å². The van der Waals surface area contributed by atoms with Crippen LogP contribution in [-0.4, -0.2) is 49.7 Å². The van der Waals surface area contributed by atoms with Crippen molar-refractivity contribution in [1.82, 2.24) is 4.90 Å². The maximum Gasteiger partial charge on any atom is 0.338 e. The Morgan fingerprint density at radius 3 is 2.70 bits per heavy atom. The Bertz CT molecular complexity index is 515. The normalized spacial score (nSPS) is 14.9. The molecule has 20 heavy (non-hydrogen) atoms. The fourth-order valence-corrected chi connectivity index (χ4v) is 1.79. The number of nitrogens with zero attached hydrogens (tertiary/aromatic N) is 1. The van der Waals surface area contributed by atoms with Gasteiger partial charge in [0.05, 0.1) is 24.5 Å². The molecule has 0 bridgehead atoms. The Labute approximate surface area is 115 Å². The summed E-state index contributed by atoms with van der Waals surface area (Å²) in [5.41, 5.74) is 5.33. The van der Waals surface area contributed by atoms with Crippen LogP contribution in [0.2, 0.25) is 0 Å². The third-order valence-electron chi connectivity index (χ3n) is 2.92. The molecular weight excluding hydrogens is 267 g/mol. The van der Waals surface area contributed by atoms with Gasteiger partial charge in [-0.2, -0.15) is 0 Å². The molecule has 2 rings (SSSR count). The minimum atomic E-state index is -0.710. The number of morpholine rings is 1. The fourth-order valence-electron chi connectivity index (χ4n) is 1.79. The van der Waals surface area contributed by atoms with E-state index in [2.05, 4.69) is 0 Å². The number of hydrogen-bond donors (Lipinski definition) is 1. The summed E-state index contributed by atoms with van der Waals surface area (Å²) in [5.74, 6) is -1.60. The molecule has 1 aliphatic rings. The number of amides is 1. The number of nitrogen functional groups attached to an aromatic ring is 1. The summed E-state index contributed by atoms with van der Waals surface area (Å²) in [6, 6.07) is 3.51. The molecule has 6 nitrogen and oxygen atoms in total. The molecule has 0 aliphatic carbocycles. The quantitative estimate of drug-likeness (QED) is 0.642. The van der Waals surface area contributed by atoms with E-state index in [-0.39, 0.29) is 23.8 Å². The van der Waals surface area contributed by atoms with Crippen molar-refractivity contribution in [3.05, 3.63) is 29.6 Å². The van der Waals surface area contributed by atoms with Gasteiger partial charge < -0.3 is 20.1 Å². The first-order valence-corrected chi connectivity index (χ1v) is 6.15. The van der Waals surface area contributed by atoms with Gasteiger partial charge in [-0.1, -0.05) is 0 Å². The second-order valence-electron chi connectivity index (χ2n) is 4.31. The molecule has 1 aromatic carbocycles. The molecule has 1 fully saturated rings. The van der Waals surface area contributed by atoms with Crippen LogP contribution in [0, 0.1) is 5.82 Å². The number of ether oxygens (including phenoxy) is 2.